The Morgan fingerprint density at radius 1 is 0.344 bits per heavy atom. The fraction of sp³-hybridized carbons (Fsp3) is 0.638. The number of carbonyl (C=O) groups is 3. The average molecular weight is 887 g/mol. The molecule has 0 N–H and O–H groups in total. The molecular weight excluding hydrogens is 793 g/mol. The molecule has 0 aliphatic heterocycles. The minimum Gasteiger partial charge on any atom is -0.462 e. The van der Waals surface area contributed by atoms with E-state index in [1.54, 1.807) is 0 Å². The first-order valence-electron chi connectivity index (χ1n) is 26.0. The first kappa shape index (κ1) is 60.1. The Hall–Kier alpha value is -3.93. The van der Waals surface area contributed by atoms with E-state index in [1.807, 2.05) is 60.8 Å². The SMILES string of the molecule is CC\C=C/C=C\C=C/C=C\C=C\C=C/CCCCCC(=O)OC(COC(=O)CCC/C=C\C/C=C\C/C=C\CC)COC(=O)CCCCCCCCCCCCCCCCCCCC. The average Bonchev–Trinajstić information content (AvgIpc) is 3.29. The van der Waals surface area contributed by atoms with Gasteiger partial charge in [0.05, 0.1) is 0 Å². The summed E-state index contributed by atoms with van der Waals surface area (Å²) in [5, 5.41) is 0. The van der Waals surface area contributed by atoms with Crippen molar-refractivity contribution >= 4 is 17.9 Å². The summed E-state index contributed by atoms with van der Waals surface area (Å²) in [5.74, 6) is -1.02. The first-order valence-corrected chi connectivity index (χ1v) is 26.0. The van der Waals surface area contributed by atoms with E-state index in [-0.39, 0.29) is 44.0 Å². The Kier molecular flexibility index (Phi) is 48.5. The number of carbonyl (C=O) groups excluding carboxylic acids is 3. The summed E-state index contributed by atoms with van der Waals surface area (Å²) in [4.78, 5) is 37.9. The number of hydrogen-bond acceptors (Lipinski definition) is 6. The van der Waals surface area contributed by atoms with E-state index >= 15 is 0 Å². The largest absolute Gasteiger partial charge is 0.462 e. The van der Waals surface area contributed by atoms with Gasteiger partial charge in [-0.2, -0.15) is 0 Å². The van der Waals surface area contributed by atoms with Crippen molar-refractivity contribution in [3.63, 3.8) is 0 Å². The fourth-order valence-corrected chi connectivity index (χ4v) is 6.85. The zero-order chi connectivity index (χ0) is 46.5. The highest BCUT2D eigenvalue weighted by Gasteiger charge is 2.19. The molecule has 0 saturated heterocycles. The maximum absolute atomic E-state index is 12.8. The van der Waals surface area contributed by atoms with Crippen molar-refractivity contribution < 1.29 is 28.6 Å². The highest BCUT2D eigenvalue weighted by molar-refractivity contribution is 5.71. The standard InChI is InChI=1S/C58H94O6/c1-4-7-10-13-16-19-22-24-26-28-30-31-33-36-39-42-45-48-51-57(60)63-54-55(53-62-56(59)50-47-44-41-38-35-21-18-15-12-9-6-3)64-58(61)52-49-46-43-40-37-34-32-29-27-25-23-20-17-14-11-8-5-2/h8-9,11-12,14,17-18,20-21,23,25,27,29,32,34,37-38,41,55H,4-7,10,13,15-16,19,22,24,26,28,30-31,33,35-36,39-40,42-54H2,1-3H3/b11-8-,12-9-,17-14-,21-18-,23-20-,27-25-,32-29+,37-34-,41-38-. The minimum absolute atomic E-state index is 0.112. The maximum atomic E-state index is 12.8. The van der Waals surface area contributed by atoms with Gasteiger partial charge in [0.25, 0.3) is 0 Å². The fourth-order valence-electron chi connectivity index (χ4n) is 6.85. The Labute approximate surface area is 393 Å². The first-order chi connectivity index (χ1) is 31.5. The summed E-state index contributed by atoms with van der Waals surface area (Å²) in [6.45, 7) is 6.29. The molecule has 0 aromatic rings. The normalized spacial score (nSPS) is 13.0. The van der Waals surface area contributed by atoms with Gasteiger partial charge in [0.15, 0.2) is 6.10 Å². The molecule has 362 valence electrons. The zero-order valence-electron chi connectivity index (χ0n) is 41.3. The number of esters is 3. The van der Waals surface area contributed by atoms with Gasteiger partial charge in [0.2, 0.25) is 0 Å². The monoisotopic (exact) mass is 887 g/mol. The Balaban J connectivity index is 4.48. The molecule has 0 aliphatic rings. The van der Waals surface area contributed by atoms with Crippen LogP contribution in [0.4, 0.5) is 0 Å². The van der Waals surface area contributed by atoms with E-state index in [0.717, 1.165) is 70.6 Å². The van der Waals surface area contributed by atoms with Crippen LogP contribution in [0.5, 0.6) is 0 Å². The lowest BCUT2D eigenvalue weighted by Gasteiger charge is -2.18. The van der Waals surface area contributed by atoms with Crippen LogP contribution in [0.2, 0.25) is 0 Å². The minimum atomic E-state index is -0.821. The summed E-state index contributed by atoms with van der Waals surface area (Å²) < 4.78 is 16.7. The third-order valence-corrected chi connectivity index (χ3v) is 10.7. The quantitative estimate of drug-likeness (QED) is 0.0199. The van der Waals surface area contributed by atoms with Gasteiger partial charge < -0.3 is 14.2 Å². The number of unbranched alkanes of at least 4 members (excludes halogenated alkanes) is 21. The van der Waals surface area contributed by atoms with Crippen molar-refractivity contribution in [2.24, 2.45) is 0 Å². The number of hydrogen-bond donors (Lipinski definition) is 0. The van der Waals surface area contributed by atoms with Gasteiger partial charge in [-0.15, -0.1) is 0 Å². The van der Waals surface area contributed by atoms with E-state index in [0.29, 0.717) is 19.3 Å². The van der Waals surface area contributed by atoms with E-state index in [1.165, 1.54) is 96.3 Å². The van der Waals surface area contributed by atoms with E-state index < -0.39 is 6.10 Å². The van der Waals surface area contributed by atoms with Gasteiger partial charge in [-0.25, -0.2) is 0 Å². The molecule has 0 aromatic carbocycles. The van der Waals surface area contributed by atoms with Crippen LogP contribution in [0, 0.1) is 0 Å². The second-order valence-corrected chi connectivity index (χ2v) is 16.8. The molecule has 0 amide bonds. The Bertz CT molecular complexity index is 1340. The lowest BCUT2D eigenvalue weighted by Crippen LogP contribution is -2.30. The van der Waals surface area contributed by atoms with Crippen LogP contribution in [-0.4, -0.2) is 37.2 Å². The zero-order valence-corrected chi connectivity index (χ0v) is 41.3. The molecular formula is C58H94O6. The molecule has 0 fully saturated rings. The van der Waals surface area contributed by atoms with Crippen LogP contribution < -0.4 is 0 Å². The van der Waals surface area contributed by atoms with Gasteiger partial charge in [-0.05, 0) is 64.2 Å². The van der Waals surface area contributed by atoms with Crippen LogP contribution in [0.25, 0.3) is 0 Å². The Morgan fingerprint density at radius 3 is 1.19 bits per heavy atom. The third kappa shape index (κ3) is 49.1. The number of allylic oxidation sites excluding steroid dienone is 18. The second-order valence-electron chi connectivity index (χ2n) is 16.8. The van der Waals surface area contributed by atoms with Crippen LogP contribution in [0.15, 0.2) is 109 Å². The summed E-state index contributed by atoms with van der Waals surface area (Å²) in [6, 6.07) is 0. The predicted molar refractivity (Wildman–Crippen MR) is 274 cm³/mol. The summed E-state index contributed by atoms with van der Waals surface area (Å²) in [7, 11) is 0. The summed E-state index contributed by atoms with van der Waals surface area (Å²) in [5.41, 5.74) is 0. The van der Waals surface area contributed by atoms with Gasteiger partial charge >= 0.3 is 17.9 Å². The number of ether oxygens (including phenoxy) is 3. The van der Waals surface area contributed by atoms with Crippen LogP contribution >= 0.6 is 0 Å². The van der Waals surface area contributed by atoms with Crippen molar-refractivity contribution in [2.75, 3.05) is 13.2 Å². The lowest BCUT2D eigenvalue weighted by molar-refractivity contribution is -0.167. The highest BCUT2D eigenvalue weighted by atomic mass is 16.6. The second kappa shape index (κ2) is 51.7. The van der Waals surface area contributed by atoms with E-state index in [4.69, 9.17) is 14.2 Å². The molecule has 6 heteroatoms. The van der Waals surface area contributed by atoms with Crippen LogP contribution in [0.1, 0.15) is 220 Å². The van der Waals surface area contributed by atoms with E-state index in [9.17, 15) is 14.4 Å². The maximum Gasteiger partial charge on any atom is 0.306 e. The molecule has 0 heterocycles. The third-order valence-electron chi connectivity index (χ3n) is 10.7. The molecule has 0 radical (unpaired) electrons. The summed E-state index contributed by atoms with van der Waals surface area (Å²) in [6.07, 6.45) is 69.4. The van der Waals surface area contributed by atoms with Crippen molar-refractivity contribution in [2.45, 2.75) is 226 Å². The van der Waals surface area contributed by atoms with Crippen molar-refractivity contribution in [1.29, 1.82) is 0 Å². The van der Waals surface area contributed by atoms with E-state index in [2.05, 4.69) is 69.4 Å². The molecule has 0 aliphatic carbocycles. The van der Waals surface area contributed by atoms with Gasteiger partial charge in [0.1, 0.15) is 13.2 Å². The van der Waals surface area contributed by atoms with Crippen LogP contribution in [0.3, 0.4) is 0 Å². The van der Waals surface area contributed by atoms with Crippen LogP contribution in [-0.2, 0) is 28.6 Å². The topological polar surface area (TPSA) is 78.9 Å². The molecule has 0 aromatic heterocycles. The number of rotatable bonds is 45. The molecule has 6 nitrogen and oxygen atoms in total. The molecule has 0 rings (SSSR count). The predicted octanol–water partition coefficient (Wildman–Crippen LogP) is 17.1. The summed E-state index contributed by atoms with van der Waals surface area (Å²) >= 11 is 0. The lowest BCUT2D eigenvalue weighted by atomic mass is 10.0. The smallest absolute Gasteiger partial charge is 0.306 e. The molecule has 0 saturated carbocycles. The Morgan fingerprint density at radius 2 is 0.703 bits per heavy atom. The molecule has 0 spiro atoms. The van der Waals surface area contributed by atoms with Crippen molar-refractivity contribution in [3.05, 3.63) is 109 Å². The van der Waals surface area contributed by atoms with Gasteiger partial charge in [0, 0.05) is 19.3 Å². The molecule has 64 heavy (non-hydrogen) atoms. The van der Waals surface area contributed by atoms with Crippen molar-refractivity contribution in [3.8, 4) is 0 Å². The highest BCUT2D eigenvalue weighted by Crippen LogP contribution is 2.15. The van der Waals surface area contributed by atoms with Crippen molar-refractivity contribution in [1.82, 2.24) is 0 Å². The molecule has 1 unspecified atom stereocenters. The van der Waals surface area contributed by atoms with Gasteiger partial charge in [-0.3, -0.25) is 14.4 Å². The molecule has 1 atom stereocenters. The molecule has 0 bridgehead atoms. The van der Waals surface area contributed by atoms with Gasteiger partial charge in [-0.1, -0.05) is 246 Å².